The van der Waals surface area contributed by atoms with Gasteiger partial charge in [0.25, 0.3) is 5.22 Å². The molecule has 0 bridgehead atoms. The van der Waals surface area contributed by atoms with Gasteiger partial charge in [-0.25, -0.2) is 9.18 Å². The molecule has 144 valence electrons. The number of aliphatic carboxylic acids is 1. The maximum atomic E-state index is 13.0. The molecule has 2 aromatic carbocycles. The molecule has 0 unspecified atom stereocenters. The standard InChI is InChI=1S/C18H11F3N2O4S/c19-12-7-5-10(6-8-12)15-22-23-18(27-15)28-14(16(24)25)9-11-3-1-2-4-13(11)26-17(20)21/h1-9,17H,(H,24,25)/b14-9-. The van der Waals surface area contributed by atoms with Crippen LogP contribution in [0.4, 0.5) is 13.2 Å². The Hall–Kier alpha value is -3.27. The number of benzene rings is 2. The SMILES string of the molecule is O=C(O)/C(=C/c1ccccc1OC(F)F)Sc1nnc(-c2ccc(F)cc2)o1. The number of hydrogen-bond donors (Lipinski definition) is 1. The van der Waals surface area contributed by atoms with Crippen molar-refractivity contribution in [2.75, 3.05) is 0 Å². The summed E-state index contributed by atoms with van der Waals surface area (Å²) in [5, 5.41) is 16.9. The van der Waals surface area contributed by atoms with E-state index in [9.17, 15) is 23.1 Å². The highest BCUT2D eigenvalue weighted by Gasteiger charge is 2.17. The molecule has 0 spiro atoms. The van der Waals surface area contributed by atoms with Gasteiger partial charge in [-0.05, 0) is 48.2 Å². The largest absolute Gasteiger partial charge is 0.477 e. The number of aromatic nitrogens is 2. The quantitative estimate of drug-likeness (QED) is 0.448. The molecule has 0 aliphatic rings. The minimum atomic E-state index is -3.05. The molecule has 0 aliphatic heterocycles. The van der Waals surface area contributed by atoms with Crippen LogP contribution in [0.15, 0.2) is 63.1 Å². The lowest BCUT2D eigenvalue weighted by Crippen LogP contribution is -2.03. The Morgan fingerprint density at radius 3 is 2.54 bits per heavy atom. The number of hydrogen-bond acceptors (Lipinski definition) is 6. The molecule has 1 aromatic heterocycles. The number of rotatable bonds is 7. The highest BCUT2D eigenvalue weighted by molar-refractivity contribution is 8.03. The third-order valence-electron chi connectivity index (χ3n) is 3.33. The smallest absolute Gasteiger partial charge is 0.387 e. The van der Waals surface area contributed by atoms with Gasteiger partial charge >= 0.3 is 12.6 Å². The lowest BCUT2D eigenvalue weighted by molar-refractivity contribution is -0.131. The second kappa shape index (κ2) is 8.61. The van der Waals surface area contributed by atoms with E-state index in [0.717, 1.165) is 6.08 Å². The van der Waals surface area contributed by atoms with Crippen LogP contribution >= 0.6 is 11.8 Å². The molecule has 0 atom stereocenters. The van der Waals surface area contributed by atoms with Crippen molar-refractivity contribution in [3.63, 3.8) is 0 Å². The van der Waals surface area contributed by atoms with Crippen LogP contribution in [0, 0.1) is 5.82 Å². The van der Waals surface area contributed by atoms with Crippen LogP contribution < -0.4 is 4.74 Å². The number of alkyl halides is 2. The van der Waals surface area contributed by atoms with Crippen molar-refractivity contribution in [2.24, 2.45) is 0 Å². The topological polar surface area (TPSA) is 85.5 Å². The fourth-order valence-electron chi connectivity index (χ4n) is 2.13. The van der Waals surface area contributed by atoms with E-state index in [1.165, 1.54) is 42.5 Å². The second-order valence-corrected chi connectivity index (χ2v) is 6.21. The molecule has 28 heavy (non-hydrogen) atoms. The molecule has 0 saturated heterocycles. The highest BCUT2D eigenvalue weighted by atomic mass is 32.2. The van der Waals surface area contributed by atoms with Gasteiger partial charge in [-0.3, -0.25) is 0 Å². The first kappa shape index (κ1) is 19.5. The minimum absolute atomic E-state index is 0.0775. The summed E-state index contributed by atoms with van der Waals surface area (Å²) in [4.78, 5) is 11.3. The first-order chi connectivity index (χ1) is 13.4. The molecule has 0 radical (unpaired) electrons. The fourth-order valence-corrected chi connectivity index (χ4v) is 2.80. The van der Waals surface area contributed by atoms with E-state index in [1.807, 2.05) is 0 Å². The lowest BCUT2D eigenvalue weighted by Gasteiger charge is -2.08. The zero-order valence-electron chi connectivity index (χ0n) is 13.9. The average Bonchev–Trinajstić information content (AvgIpc) is 3.11. The molecule has 6 nitrogen and oxygen atoms in total. The summed E-state index contributed by atoms with van der Waals surface area (Å²) in [5.74, 6) is -1.85. The highest BCUT2D eigenvalue weighted by Crippen LogP contribution is 2.32. The molecular formula is C18H11F3N2O4S. The van der Waals surface area contributed by atoms with Crippen LogP contribution in [-0.4, -0.2) is 27.9 Å². The van der Waals surface area contributed by atoms with E-state index < -0.39 is 18.4 Å². The molecule has 0 saturated carbocycles. The molecule has 3 aromatic rings. The van der Waals surface area contributed by atoms with E-state index in [-0.39, 0.29) is 27.3 Å². The monoisotopic (exact) mass is 408 g/mol. The molecular weight excluding hydrogens is 397 g/mol. The van der Waals surface area contributed by atoms with Crippen molar-refractivity contribution < 1.29 is 32.2 Å². The van der Waals surface area contributed by atoms with Gasteiger partial charge in [0, 0.05) is 11.1 Å². The van der Waals surface area contributed by atoms with Crippen LogP contribution in [0.2, 0.25) is 0 Å². The lowest BCUT2D eigenvalue weighted by atomic mass is 10.2. The van der Waals surface area contributed by atoms with Crippen molar-refractivity contribution in [3.05, 3.63) is 64.8 Å². The predicted octanol–water partition coefficient (Wildman–Crippen LogP) is 4.69. The van der Waals surface area contributed by atoms with Gasteiger partial charge in [-0.2, -0.15) is 8.78 Å². The van der Waals surface area contributed by atoms with E-state index >= 15 is 0 Å². The van der Waals surface area contributed by atoms with Gasteiger partial charge < -0.3 is 14.3 Å². The Morgan fingerprint density at radius 2 is 1.86 bits per heavy atom. The van der Waals surface area contributed by atoms with E-state index in [4.69, 9.17) is 4.42 Å². The summed E-state index contributed by atoms with van der Waals surface area (Å²) in [7, 11) is 0. The second-order valence-electron chi connectivity index (χ2n) is 5.21. The number of ether oxygens (including phenoxy) is 1. The fraction of sp³-hybridized carbons (Fsp3) is 0.0556. The Kier molecular flexibility index (Phi) is 5.99. The number of para-hydroxylation sites is 1. The summed E-state index contributed by atoms with van der Waals surface area (Å²) in [5.41, 5.74) is 0.600. The van der Waals surface area contributed by atoms with Crippen LogP contribution in [-0.2, 0) is 4.79 Å². The van der Waals surface area contributed by atoms with Gasteiger partial charge in [0.05, 0.1) is 0 Å². The molecule has 0 fully saturated rings. The molecule has 1 heterocycles. The summed E-state index contributed by atoms with van der Waals surface area (Å²) in [6.45, 7) is -3.05. The van der Waals surface area contributed by atoms with Crippen LogP contribution in [0.3, 0.4) is 0 Å². The van der Waals surface area contributed by atoms with Gasteiger partial charge in [0.2, 0.25) is 5.89 Å². The molecule has 0 aliphatic carbocycles. The van der Waals surface area contributed by atoms with Crippen LogP contribution in [0.1, 0.15) is 5.56 Å². The van der Waals surface area contributed by atoms with Crippen molar-refractivity contribution >= 4 is 23.8 Å². The first-order valence-corrected chi connectivity index (χ1v) is 8.50. The van der Waals surface area contributed by atoms with Crippen LogP contribution in [0.25, 0.3) is 17.5 Å². The zero-order chi connectivity index (χ0) is 20.1. The third-order valence-corrected chi connectivity index (χ3v) is 4.18. The van der Waals surface area contributed by atoms with Crippen LogP contribution in [0.5, 0.6) is 5.75 Å². The van der Waals surface area contributed by atoms with Gasteiger partial charge in [0.15, 0.2) is 0 Å². The van der Waals surface area contributed by atoms with Crippen molar-refractivity contribution in [2.45, 2.75) is 11.8 Å². The molecule has 10 heteroatoms. The maximum Gasteiger partial charge on any atom is 0.387 e. The maximum absolute atomic E-state index is 13.0. The summed E-state index contributed by atoms with van der Waals surface area (Å²) < 4.78 is 47.8. The normalized spacial score (nSPS) is 11.6. The predicted molar refractivity (Wildman–Crippen MR) is 94.2 cm³/mol. The number of carboxylic acid groups (broad SMARTS) is 1. The Balaban J connectivity index is 1.86. The van der Waals surface area contributed by atoms with Gasteiger partial charge in [-0.15, -0.1) is 10.2 Å². The molecule has 0 amide bonds. The third kappa shape index (κ3) is 4.92. The Morgan fingerprint density at radius 1 is 1.14 bits per heavy atom. The Bertz CT molecular complexity index is 1010. The summed E-state index contributed by atoms with van der Waals surface area (Å²) in [6, 6.07) is 11.1. The Labute approximate surface area is 160 Å². The number of nitrogens with zero attached hydrogens (tertiary/aromatic N) is 2. The van der Waals surface area contributed by atoms with Gasteiger partial charge in [-0.1, -0.05) is 18.2 Å². The first-order valence-electron chi connectivity index (χ1n) is 7.68. The summed E-state index contributed by atoms with van der Waals surface area (Å²) >= 11 is 0.642. The molecule has 3 rings (SSSR count). The summed E-state index contributed by atoms with van der Waals surface area (Å²) in [6.07, 6.45) is 1.16. The number of carbonyl (C=O) groups is 1. The molecule has 1 N–H and O–H groups in total. The number of thioether (sulfide) groups is 1. The minimum Gasteiger partial charge on any atom is -0.477 e. The van der Waals surface area contributed by atoms with Crippen molar-refractivity contribution in [1.82, 2.24) is 10.2 Å². The van der Waals surface area contributed by atoms with E-state index in [2.05, 4.69) is 14.9 Å². The van der Waals surface area contributed by atoms with Crippen molar-refractivity contribution in [3.8, 4) is 17.2 Å². The van der Waals surface area contributed by atoms with E-state index in [1.54, 1.807) is 6.07 Å². The van der Waals surface area contributed by atoms with Gasteiger partial charge in [0.1, 0.15) is 16.5 Å². The average molecular weight is 408 g/mol. The van der Waals surface area contributed by atoms with E-state index in [0.29, 0.717) is 17.3 Å². The zero-order valence-corrected chi connectivity index (χ0v) is 14.7. The van der Waals surface area contributed by atoms with Crippen molar-refractivity contribution in [1.29, 1.82) is 0 Å². The number of carboxylic acids is 1. The number of halogens is 3.